The van der Waals surface area contributed by atoms with Crippen LogP contribution in [0.1, 0.15) is 24.8 Å². The molecule has 2 N–H and O–H groups in total. The Labute approximate surface area is 136 Å². The first-order valence-corrected chi connectivity index (χ1v) is 7.92. The Hall–Kier alpha value is -2.03. The molecule has 1 aromatic rings. The fourth-order valence-electron chi connectivity index (χ4n) is 3.82. The molecular weight excluding hydrogens is 325 g/mol. The number of aliphatic hydroxyl groups excluding tert-OH is 1. The van der Waals surface area contributed by atoms with E-state index in [0.717, 1.165) is 18.7 Å². The molecule has 0 saturated carbocycles. The minimum Gasteiger partial charge on any atom is -0.389 e. The van der Waals surface area contributed by atoms with Gasteiger partial charge < -0.3 is 20.2 Å². The Balaban J connectivity index is 1.58. The van der Waals surface area contributed by atoms with Gasteiger partial charge in [-0.25, -0.2) is 4.98 Å². The highest BCUT2D eigenvalue weighted by atomic mass is 19.4. The van der Waals surface area contributed by atoms with Crippen molar-refractivity contribution in [3.63, 3.8) is 0 Å². The van der Waals surface area contributed by atoms with Gasteiger partial charge in [0, 0.05) is 32.1 Å². The number of alkyl halides is 3. The van der Waals surface area contributed by atoms with Gasteiger partial charge in [-0.05, 0) is 12.5 Å². The maximum atomic E-state index is 12.8. The third kappa shape index (κ3) is 2.38. The Morgan fingerprint density at radius 1 is 1.33 bits per heavy atom. The van der Waals surface area contributed by atoms with Gasteiger partial charge in [0.2, 0.25) is 5.91 Å². The van der Waals surface area contributed by atoms with Crippen molar-refractivity contribution in [1.29, 1.82) is 0 Å². The van der Waals surface area contributed by atoms with Crippen LogP contribution in [0.3, 0.4) is 0 Å². The zero-order chi connectivity index (χ0) is 17.1. The Morgan fingerprint density at radius 2 is 2.12 bits per heavy atom. The quantitative estimate of drug-likeness (QED) is 0.808. The maximum Gasteiger partial charge on any atom is 0.417 e. The van der Waals surface area contributed by atoms with Crippen molar-refractivity contribution in [2.75, 3.05) is 23.3 Å². The van der Waals surface area contributed by atoms with Gasteiger partial charge in [-0.1, -0.05) is 0 Å². The Morgan fingerprint density at radius 3 is 2.79 bits per heavy atom. The number of hydrogen-bond donors (Lipinski definition) is 2. The van der Waals surface area contributed by atoms with E-state index in [-0.39, 0.29) is 24.7 Å². The van der Waals surface area contributed by atoms with Crippen LogP contribution >= 0.6 is 0 Å². The number of carbonyl (C=O) groups excluding carboxylic acids is 1. The van der Waals surface area contributed by atoms with Crippen molar-refractivity contribution in [2.45, 2.75) is 43.8 Å². The molecule has 6 nitrogen and oxygen atoms in total. The SMILES string of the molecule is O=C1CCCN1C1CC2Nc3cc(C(F)(F)F)cnc3N2CC1O. The number of aromatic nitrogens is 1. The average Bonchev–Trinajstić information content (AvgIpc) is 3.08. The molecule has 3 aliphatic heterocycles. The fourth-order valence-corrected chi connectivity index (χ4v) is 3.82. The molecule has 0 bridgehead atoms. The smallest absolute Gasteiger partial charge is 0.389 e. The number of halogens is 3. The monoisotopic (exact) mass is 342 g/mol. The molecule has 1 amide bonds. The van der Waals surface area contributed by atoms with Gasteiger partial charge in [0.25, 0.3) is 0 Å². The lowest BCUT2D eigenvalue weighted by Gasteiger charge is -2.42. The molecule has 4 heterocycles. The minimum atomic E-state index is -4.45. The number of hydrogen-bond acceptors (Lipinski definition) is 5. The zero-order valence-corrected chi connectivity index (χ0v) is 12.8. The van der Waals surface area contributed by atoms with Crippen molar-refractivity contribution in [2.24, 2.45) is 0 Å². The van der Waals surface area contributed by atoms with Gasteiger partial charge in [-0.3, -0.25) is 4.79 Å². The number of nitrogens with zero attached hydrogens (tertiary/aromatic N) is 3. The van der Waals surface area contributed by atoms with Crippen LogP contribution in [-0.4, -0.2) is 52.3 Å². The van der Waals surface area contributed by atoms with Crippen molar-refractivity contribution in [1.82, 2.24) is 9.88 Å². The molecular formula is C15H17F3N4O2. The average molecular weight is 342 g/mol. The number of amides is 1. The summed E-state index contributed by atoms with van der Waals surface area (Å²) in [5.41, 5.74) is -0.490. The zero-order valence-electron chi connectivity index (χ0n) is 12.8. The predicted octanol–water partition coefficient (Wildman–Crippen LogP) is 1.41. The molecule has 24 heavy (non-hydrogen) atoms. The molecule has 130 valence electrons. The van der Waals surface area contributed by atoms with Crippen molar-refractivity contribution < 1.29 is 23.1 Å². The summed E-state index contributed by atoms with van der Waals surface area (Å²) < 4.78 is 38.5. The highest BCUT2D eigenvalue weighted by Crippen LogP contribution is 2.41. The second-order valence-electron chi connectivity index (χ2n) is 6.47. The van der Waals surface area contributed by atoms with Crippen LogP contribution in [0.2, 0.25) is 0 Å². The Bertz CT molecular complexity index is 681. The standard InChI is InChI=1S/C15H17F3N4O2/c16-15(17,18)8-4-9-14(19-6-8)22-7-11(23)10(5-12(22)20-9)21-3-1-2-13(21)24/h4,6,10-12,20,23H,1-3,5,7H2. The lowest BCUT2D eigenvalue weighted by atomic mass is 9.98. The molecule has 1 aromatic heterocycles. The van der Waals surface area contributed by atoms with Crippen LogP contribution in [0.4, 0.5) is 24.7 Å². The first-order chi connectivity index (χ1) is 11.3. The normalized spacial score (nSPS) is 29.5. The summed E-state index contributed by atoms with van der Waals surface area (Å²) in [5, 5.41) is 13.5. The number of anilines is 2. The van der Waals surface area contributed by atoms with Crippen LogP contribution in [-0.2, 0) is 11.0 Å². The second kappa shape index (κ2) is 5.23. The van der Waals surface area contributed by atoms with Gasteiger partial charge in [0.1, 0.15) is 6.17 Å². The lowest BCUT2D eigenvalue weighted by molar-refractivity contribution is -0.137. The number of fused-ring (bicyclic) bond motifs is 3. The van der Waals surface area contributed by atoms with E-state index in [1.54, 1.807) is 9.80 Å². The largest absolute Gasteiger partial charge is 0.417 e. The summed E-state index contributed by atoms with van der Waals surface area (Å²) in [4.78, 5) is 19.3. The number of aliphatic hydroxyl groups is 1. The number of likely N-dealkylation sites (tertiary alicyclic amines) is 1. The van der Waals surface area contributed by atoms with Gasteiger partial charge >= 0.3 is 6.18 Å². The fraction of sp³-hybridized carbons (Fsp3) is 0.600. The lowest BCUT2D eigenvalue weighted by Crippen LogP contribution is -2.58. The molecule has 9 heteroatoms. The molecule has 3 aliphatic rings. The Kier molecular flexibility index (Phi) is 3.38. The maximum absolute atomic E-state index is 12.8. The summed E-state index contributed by atoms with van der Waals surface area (Å²) in [6.45, 7) is 0.855. The van der Waals surface area contributed by atoms with E-state index < -0.39 is 17.8 Å². The topological polar surface area (TPSA) is 68.7 Å². The van der Waals surface area contributed by atoms with E-state index in [2.05, 4.69) is 10.3 Å². The summed E-state index contributed by atoms with van der Waals surface area (Å²) in [6.07, 6.45) is -2.94. The molecule has 0 aliphatic carbocycles. The highest BCUT2D eigenvalue weighted by molar-refractivity contribution is 5.79. The highest BCUT2D eigenvalue weighted by Gasteiger charge is 2.45. The van der Waals surface area contributed by atoms with E-state index >= 15 is 0 Å². The summed E-state index contributed by atoms with van der Waals surface area (Å²) in [6, 6.07) is 0.730. The van der Waals surface area contributed by atoms with Crippen LogP contribution in [0, 0.1) is 0 Å². The summed E-state index contributed by atoms with van der Waals surface area (Å²) >= 11 is 0. The van der Waals surface area contributed by atoms with E-state index in [4.69, 9.17) is 0 Å². The number of pyridine rings is 1. The van der Waals surface area contributed by atoms with E-state index in [1.165, 1.54) is 0 Å². The summed E-state index contributed by atoms with van der Waals surface area (Å²) in [5.74, 6) is 0.443. The molecule has 3 unspecified atom stereocenters. The van der Waals surface area contributed by atoms with E-state index in [0.29, 0.717) is 30.9 Å². The van der Waals surface area contributed by atoms with Gasteiger partial charge in [0.05, 0.1) is 23.4 Å². The number of piperidine rings is 1. The molecule has 0 aromatic carbocycles. The van der Waals surface area contributed by atoms with Crippen LogP contribution < -0.4 is 10.2 Å². The van der Waals surface area contributed by atoms with Gasteiger partial charge in [-0.15, -0.1) is 0 Å². The third-order valence-corrected chi connectivity index (χ3v) is 4.97. The van der Waals surface area contributed by atoms with Crippen LogP contribution in [0.15, 0.2) is 12.3 Å². The van der Waals surface area contributed by atoms with E-state index in [1.807, 2.05) is 0 Å². The number of carbonyl (C=O) groups is 1. The molecule has 0 radical (unpaired) electrons. The third-order valence-electron chi connectivity index (χ3n) is 4.97. The van der Waals surface area contributed by atoms with Crippen molar-refractivity contribution >= 4 is 17.4 Å². The second-order valence-corrected chi connectivity index (χ2v) is 6.47. The molecule has 3 atom stereocenters. The molecule has 4 rings (SSSR count). The molecule has 0 spiro atoms. The molecule has 2 saturated heterocycles. The van der Waals surface area contributed by atoms with Crippen LogP contribution in [0.5, 0.6) is 0 Å². The first kappa shape index (κ1) is 15.5. The van der Waals surface area contributed by atoms with Crippen molar-refractivity contribution in [3.8, 4) is 0 Å². The van der Waals surface area contributed by atoms with E-state index in [9.17, 15) is 23.1 Å². The summed E-state index contributed by atoms with van der Waals surface area (Å²) in [7, 11) is 0. The van der Waals surface area contributed by atoms with Crippen molar-refractivity contribution in [3.05, 3.63) is 17.8 Å². The minimum absolute atomic E-state index is 0.0282. The predicted molar refractivity (Wildman–Crippen MR) is 79.4 cm³/mol. The first-order valence-electron chi connectivity index (χ1n) is 7.92. The number of rotatable bonds is 1. The molecule has 2 fully saturated rings. The number of nitrogens with one attached hydrogen (secondary N) is 1. The van der Waals surface area contributed by atoms with Gasteiger partial charge in [0.15, 0.2) is 5.82 Å². The van der Waals surface area contributed by atoms with Gasteiger partial charge in [-0.2, -0.15) is 13.2 Å². The van der Waals surface area contributed by atoms with Crippen LogP contribution in [0.25, 0.3) is 0 Å².